The van der Waals surface area contributed by atoms with E-state index < -0.39 is 16.2 Å². The summed E-state index contributed by atoms with van der Waals surface area (Å²) in [7, 11) is -4.12. The number of amides is 2. The van der Waals surface area contributed by atoms with Crippen molar-refractivity contribution in [3.63, 3.8) is 0 Å². The molecule has 2 amide bonds. The van der Waals surface area contributed by atoms with Crippen LogP contribution in [0.1, 0.15) is 0 Å². The van der Waals surface area contributed by atoms with E-state index >= 15 is 0 Å². The fourth-order valence-electron chi connectivity index (χ4n) is 0.942. The van der Waals surface area contributed by atoms with Crippen LogP contribution in [0.25, 0.3) is 0 Å². The lowest BCUT2D eigenvalue weighted by molar-refractivity contribution is 0.256. The van der Waals surface area contributed by atoms with Gasteiger partial charge in [0.25, 0.3) is 0 Å². The van der Waals surface area contributed by atoms with E-state index in [9.17, 15) is 13.2 Å². The summed E-state index contributed by atoms with van der Waals surface area (Å²) in [5.41, 5.74) is 0. The molecule has 0 aromatic carbocycles. The highest BCUT2D eigenvalue weighted by Gasteiger charge is 2.16. The molecule has 0 unspecified atom stereocenters. The minimum absolute atomic E-state index is 0.00530. The van der Waals surface area contributed by atoms with E-state index in [1.54, 1.807) is 4.72 Å². The number of nitrogens with one attached hydrogen (secondary N) is 5. The summed E-state index contributed by atoms with van der Waals surface area (Å²) in [6, 6.07) is -0.991. The Morgan fingerprint density at radius 2 is 1.65 bits per heavy atom. The molecule has 0 atom stereocenters. The number of aromatic nitrogens is 4. The standard InChI is InChI=1S/C5H5N7O3S5/c13-1(6-2-7-9-4(16)18-2)11-20(14,15)12-3-8-10-5(17)19-3/h(H,8,12)(H,9,16)(H,10,17)(H2,6,7,11,13). The van der Waals surface area contributed by atoms with Crippen molar-refractivity contribution in [3.8, 4) is 0 Å². The normalized spacial score (nSPS) is 11.0. The number of hydrogen-bond acceptors (Lipinski definition) is 9. The average Bonchev–Trinajstić information content (AvgIpc) is 2.86. The molecule has 10 nitrogen and oxygen atoms in total. The Kier molecular flexibility index (Phi) is 4.43. The number of urea groups is 1. The van der Waals surface area contributed by atoms with Crippen molar-refractivity contribution in [3.05, 3.63) is 7.91 Å². The number of nitrogens with zero attached hydrogens (tertiary/aromatic N) is 2. The van der Waals surface area contributed by atoms with Crippen LogP contribution in [-0.4, -0.2) is 34.8 Å². The maximum Gasteiger partial charge on any atom is 0.336 e. The van der Waals surface area contributed by atoms with E-state index in [-0.39, 0.29) is 10.3 Å². The second-order valence-corrected chi connectivity index (χ2v) is 7.74. The lowest BCUT2D eigenvalue weighted by atomic mass is 11.0. The maximum atomic E-state index is 11.6. The van der Waals surface area contributed by atoms with Crippen LogP contribution in [0.2, 0.25) is 0 Å². The Morgan fingerprint density at radius 1 is 1.10 bits per heavy atom. The highest BCUT2D eigenvalue weighted by molar-refractivity contribution is 7.91. The molecule has 2 rings (SSSR count). The van der Waals surface area contributed by atoms with E-state index in [0.717, 1.165) is 22.7 Å². The first-order valence-electron chi connectivity index (χ1n) is 4.56. The highest BCUT2D eigenvalue weighted by atomic mass is 32.2. The molecule has 0 bridgehead atoms. The fraction of sp³-hybridized carbons (Fsp3) is 0. The van der Waals surface area contributed by atoms with Gasteiger partial charge in [0.2, 0.25) is 10.3 Å². The van der Waals surface area contributed by atoms with Gasteiger partial charge >= 0.3 is 16.2 Å². The molecule has 0 fully saturated rings. The van der Waals surface area contributed by atoms with Crippen LogP contribution in [-0.2, 0) is 10.2 Å². The third kappa shape index (κ3) is 4.30. The third-order valence-corrected chi connectivity index (χ3v) is 4.60. The molecule has 0 saturated carbocycles. The molecule has 0 aliphatic heterocycles. The monoisotopic (exact) mass is 371 g/mol. The first-order chi connectivity index (χ1) is 9.34. The first-order valence-corrected chi connectivity index (χ1v) is 8.50. The van der Waals surface area contributed by atoms with Crippen molar-refractivity contribution in [2.75, 3.05) is 10.0 Å². The minimum Gasteiger partial charge on any atom is -0.281 e. The van der Waals surface area contributed by atoms with Crippen molar-refractivity contribution >= 4 is 73.6 Å². The van der Waals surface area contributed by atoms with Crippen LogP contribution < -0.4 is 14.8 Å². The predicted octanol–water partition coefficient (Wildman–Crippen LogP) is 1.19. The molecule has 2 heterocycles. The molecular formula is C5H5N7O3S5. The zero-order valence-corrected chi connectivity index (χ0v) is 13.2. The van der Waals surface area contributed by atoms with Gasteiger partial charge < -0.3 is 0 Å². The van der Waals surface area contributed by atoms with Crippen LogP contribution in [0, 0.1) is 7.91 Å². The fourth-order valence-corrected chi connectivity index (χ4v) is 3.48. The number of H-pyrrole nitrogens is 2. The van der Waals surface area contributed by atoms with E-state index in [1.165, 1.54) is 0 Å². The molecule has 0 saturated heterocycles. The van der Waals surface area contributed by atoms with Gasteiger partial charge in [0.05, 0.1) is 0 Å². The SMILES string of the molecule is O=C(Nc1n[nH]c(=S)s1)NS(=O)(=O)Nc1n[nH]c(=S)s1. The Hall–Kier alpha value is -1.42. The van der Waals surface area contributed by atoms with Gasteiger partial charge in [0.1, 0.15) is 0 Å². The molecule has 5 N–H and O–H groups in total. The quantitative estimate of drug-likeness (QED) is 0.508. The van der Waals surface area contributed by atoms with Crippen LogP contribution in [0.4, 0.5) is 15.1 Å². The predicted molar refractivity (Wildman–Crippen MR) is 79.3 cm³/mol. The lowest BCUT2D eigenvalue weighted by Gasteiger charge is -2.06. The topological polar surface area (TPSA) is 145 Å². The van der Waals surface area contributed by atoms with Crippen molar-refractivity contribution in [1.29, 1.82) is 0 Å². The largest absolute Gasteiger partial charge is 0.336 e. The van der Waals surface area contributed by atoms with Crippen LogP contribution in [0.15, 0.2) is 0 Å². The number of aromatic amines is 2. The summed E-state index contributed by atoms with van der Waals surface area (Å²) in [5, 5.41) is 14.4. The molecular weight excluding hydrogens is 366 g/mol. The number of rotatable bonds is 4. The van der Waals surface area contributed by atoms with Gasteiger partial charge in [-0.05, 0) is 24.4 Å². The Labute approximate surface area is 129 Å². The summed E-state index contributed by atoms with van der Waals surface area (Å²) in [6.45, 7) is 0. The van der Waals surface area contributed by atoms with Crippen LogP contribution >= 0.6 is 47.1 Å². The van der Waals surface area contributed by atoms with E-state index in [2.05, 4.69) is 25.7 Å². The Bertz CT molecular complexity index is 827. The van der Waals surface area contributed by atoms with Crippen LogP contribution in [0.5, 0.6) is 0 Å². The third-order valence-electron chi connectivity index (χ3n) is 1.55. The number of carbonyl (C=O) groups excluding carboxylic acids is 1. The van der Waals surface area contributed by atoms with Gasteiger partial charge in [-0.3, -0.25) is 15.5 Å². The van der Waals surface area contributed by atoms with Gasteiger partial charge in [-0.2, -0.15) is 8.42 Å². The molecule has 15 heteroatoms. The lowest BCUT2D eigenvalue weighted by Crippen LogP contribution is -2.38. The van der Waals surface area contributed by atoms with Crippen LogP contribution in [0.3, 0.4) is 0 Å². The average molecular weight is 371 g/mol. The number of hydrogen-bond donors (Lipinski definition) is 5. The van der Waals surface area contributed by atoms with E-state index in [4.69, 9.17) is 24.4 Å². The molecule has 0 spiro atoms. The summed E-state index contributed by atoms with van der Waals surface area (Å²) in [5.74, 6) is 0. The molecule has 20 heavy (non-hydrogen) atoms. The summed E-state index contributed by atoms with van der Waals surface area (Å²) in [6.07, 6.45) is 0. The first kappa shape index (κ1) is 15.0. The highest BCUT2D eigenvalue weighted by Crippen LogP contribution is 2.12. The molecule has 108 valence electrons. The second-order valence-electron chi connectivity index (χ2n) is 3.00. The Balaban J connectivity index is 1.99. The molecule has 0 aliphatic carbocycles. The minimum atomic E-state index is -4.12. The Morgan fingerprint density at radius 3 is 2.15 bits per heavy atom. The summed E-state index contributed by atoms with van der Waals surface area (Å²) >= 11 is 11.4. The van der Waals surface area contributed by atoms with Crippen molar-refractivity contribution in [1.82, 2.24) is 25.1 Å². The zero-order chi connectivity index (χ0) is 14.8. The van der Waals surface area contributed by atoms with E-state index in [0.29, 0.717) is 7.91 Å². The van der Waals surface area contributed by atoms with Gasteiger partial charge in [0, 0.05) is 0 Å². The van der Waals surface area contributed by atoms with E-state index in [1.807, 2.05) is 4.72 Å². The maximum absolute atomic E-state index is 11.6. The van der Waals surface area contributed by atoms with Gasteiger partial charge in [-0.25, -0.2) is 14.2 Å². The summed E-state index contributed by atoms with van der Waals surface area (Å²) < 4.78 is 27.6. The second kappa shape index (κ2) is 5.92. The molecule has 0 radical (unpaired) electrons. The zero-order valence-electron chi connectivity index (χ0n) is 9.16. The molecule has 2 aromatic heterocycles. The van der Waals surface area contributed by atoms with Gasteiger partial charge in [-0.15, -0.1) is 10.2 Å². The summed E-state index contributed by atoms with van der Waals surface area (Å²) in [4.78, 5) is 11.5. The van der Waals surface area contributed by atoms with Crippen molar-refractivity contribution < 1.29 is 13.2 Å². The number of carbonyl (C=O) groups is 1. The van der Waals surface area contributed by atoms with Gasteiger partial charge in [-0.1, -0.05) is 22.7 Å². The molecule has 0 aliphatic rings. The molecule has 2 aromatic rings. The van der Waals surface area contributed by atoms with Gasteiger partial charge in [0.15, 0.2) is 7.91 Å². The number of anilines is 2. The van der Waals surface area contributed by atoms with Crippen molar-refractivity contribution in [2.45, 2.75) is 0 Å². The smallest absolute Gasteiger partial charge is 0.281 e. The van der Waals surface area contributed by atoms with Crippen molar-refractivity contribution in [2.24, 2.45) is 0 Å².